The summed E-state index contributed by atoms with van der Waals surface area (Å²) in [6.45, 7) is 6.84. The SMILES string of the molecule is Cc1cc(NC(=O)N2Cc3cc4c(cc3CC2C(=O)NCCc2ccc(Oc3ccnc(C)c3C)cc2)OCC(c2ccc(OCc3ccc(Cl)c(Cl)c3)cc2)O4)on1. The summed E-state index contributed by atoms with van der Waals surface area (Å²) in [5, 5.41) is 10.7. The third-order valence-corrected chi connectivity index (χ3v) is 11.1. The van der Waals surface area contributed by atoms with E-state index in [9.17, 15) is 9.59 Å². The zero-order chi connectivity index (χ0) is 41.0. The number of pyridine rings is 1. The summed E-state index contributed by atoms with van der Waals surface area (Å²) in [7, 11) is 0. The van der Waals surface area contributed by atoms with Crippen molar-refractivity contribution in [1.29, 1.82) is 0 Å². The Morgan fingerprint density at radius 1 is 0.864 bits per heavy atom. The predicted molar refractivity (Wildman–Crippen MR) is 223 cm³/mol. The van der Waals surface area contributed by atoms with Gasteiger partial charge >= 0.3 is 6.03 Å². The first-order valence-electron chi connectivity index (χ1n) is 19.2. The molecule has 59 heavy (non-hydrogen) atoms. The van der Waals surface area contributed by atoms with Crippen LogP contribution in [0.3, 0.4) is 0 Å². The normalized spacial score (nSPS) is 15.6. The number of hydrogen-bond donors (Lipinski definition) is 2. The number of amides is 3. The van der Waals surface area contributed by atoms with Gasteiger partial charge in [-0.05, 0) is 110 Å². The first kappa shape index (κ1) is 39.6. The minimum absolute atomic E-state index is 0.149. The highest BCUT2D eigenvalue weighted by atomic mass is 35.5. The smallest absolute Gasteiger partial charge is 0.325 e. The minimum atomic E-state index is -0.804. The van der Waals surface area contributed by atoms with E-state index in [0.717, 1.165) is 44.8 Å². The van der Waals surface area contributed by atoms with Gasteiger partial charge in [-0.25, -0.2) is 4.79 Å². The van der Waals surface area contributed by atoms with E-state index in [1.165, 1.54) is 4.90 Å². The van der Waals surface area contributed by atoms with E-state index in [1.807, 2.05) is 86.6 Å². The van der Waals surface area contributed by atoms with Crippen LogP contribution in [0.4, 0.5) is 10.7 Å². The maximum Gasteiger partial charge on any atom is 0.325 e. The molecule has 3 amide bonds. The Hall–Kier alpha value is -6.24. The second-order valence-corrected chi connectivity index (χ2v) is 15.3. The number of nitrogens with zero attached hydrogens (tertiary/aromatic N) is 3. The summed E-state index contributed by atoms with van der Waals surface area (Å²) >= 11 is 12.2. The van der Waals surface area contributed by atoms with Gasteiger partial charge in [0.25, 0.3) is 0 Å². The molecule has 2 N–H and O–H groups in total. The molecule has 2 atom stereocenters. The van der Waals surface area contributed by atoms with Gasteiger partial charge in [0.1, 0.15) is 36.5 Å². The molecule has 4 heterocycles. The molecule has 0 aliphatic carbocycles. The molecule has 8 rings (SSSR count). The Morgan fingerprint density at radius 2 is 1.63 bits per heavy atom. The van der Waals surface area contributed by atoms with Gasteiger partial charge in [0.2, 0.25) is 11.8 Å². The van der Waals surface area contributed by atoms with Crippen molar-refractivity contribution in [3.8, 4) is 28.7 Å². The maximum atomic E-state index is 13.9. The van der Waals surface area contributed by atoms with Crippen molar-refractivity contribution in [2.45, 2.75) is 58.9 Å². The molecule has 0 radical (unpaired) electrons. The predicted octanol–water partition coefficient (Wildman–Crippen LogP) is 9.50. The average molecular weight is 835 g/mol. The zero-order valence-electron chi connectivity index (χ0n) is 32.6. The van der Waals surface area contributed by atoms with Gasteiger partial charge in [-0.1, -0.05) is 58.7 Å². The first-order valence-corrected chi connectivity index (χ1v) is 19.9. The third kappa shape index (κ3) is 9.24. The van der Waals surface area contributed by atoms with Gasteiger partial charge in [-0.2, -0.15) is 0 Å². The molecule has 0 saturated carbocycles. The second-order valence-electron chi connectivity index (χ2n) is 14.5. The molecule has 12 nitrogen and oxygen atoms in total. The highest BCUT2D eigenvalue weighted by molar-refractivity contribution is 6.42. The number of carbonyl (C=O) groups is 2. The number of ether oxygens (including phenoxy) is 4. The molecule has 302 valence electrons. The number of nitrogens with one attached hydrogen (secondary N) is 2. The number of rotatable bonds is 11. The van der Waals surface area contributed by atoms with Gasteiger partial charge < -0.3 is 33.7 Å². The molecule has 0 spiro atoms. The van der Waals surface area contributed by atoms with E-state index in [1.54, 1.807) is 31.3 Å². The molecule has 2 unspecified atom stereocenters. The quantitative estimate of drug-likeness (QED) is 0.131. The largest absolute Gasteiger partial charge is 0.489 e. The maximum absolute atomic E-state index is 13.9. The number of carbonyl (C=O) groups excluding carboxylic acids is 2. The van der Waals surface area contributed by atoms with Crippen molar-refractivity contribution in [1.82, 2.24) is 20.4 Å². The fourth-order valence-corrected chi connectivity index (χ4v) is 7.28. The molecule has 0 bridgehead atoms. The fourth-order valence-electron chi connectivity index (χ4n) is 6.96. The molecule has 14 heteroatoms. The van der Waals surface area contributed by atoms with Crippen LogP contribution in [-0.4, -0.2) is 46.2 Å². The molecule has 4 aromatic carbocycles. The van der Waals surface area contributed by atoms with E-state index in [0.29, 0.717) is 64.9 Å². The number of halogens is 2. The summed E-state index contributed by atoms with van der Waals surface area (Å²) < 4.78 is 30.0. The van der Waals surface area contributed by atoms with Gasteiger partial charge in [-0.15, -0.1) is 0 Å². The highest BCUT2D eigenvalue weighted by Crippen LogP contribution is 2.41. The summed E-state index contributed by atoms with van der Waals surface area (Å²) in [6, 6.07) is 26.8. The summed E-state index contributed by atoms with van der Waals surface area (Å²) in [4.78, 5) is 33.4. The first-order chi connectivity index (χ1) is 28.6. The minimum Gasteiger partial charge on any atom is -0.489 e. The van der Waals surface area contributed by atoms with Crippen LogP contribution in [0.15, 0.2) is 102 Å². The van der Waals surface area contributed by atoms with E-state index >= 15 is 0 Å². The lowest BCUT2D eigenvalue weighted by Crippen LogP contribution is -2.54. The second kappa shape index (κ2) is 17.3. The van der Waals surface area contributed by atoms with Gasteiger partial charge in [0, 0.05) is 43.0 Å². The summed E-state index contributed by atoms with van der Waals surface area (Å²) in [5.41, 5.74) is 7.09. The molecule has 2 aromatic heterocycles. The monoisotopic (exact) mass is 833 g/mol. The molecule has 6 aromatic rings. The van der Waals surface area contributed by atoms with Crippen molar-refractivity contribution in [2.24, 2.45) is 0 Å². The zero-order valence-corrected chi connectivity index (χ0v) is 34.1. The number of aromatic nitrogens is 2. The molecule has 0 fully saturated rings. The van der Waals surface area contributed by atoms with Crippen LogP contribution in [0, 0.1) is 20.8 Å². The van der Waals surface area contributed by atoms with Crippen molar-refractivity contribution in [2.75, 3.05) is 18.5 Å². The summed E-state index contributed by atoms with van der Waals surface area (Å²) in [5.74, 6) is 3.20. The number of fused-ring (bicyclic) bond motifs is 2. The van der Waals surface area contributed by atoms with Crippen molar-refractivity contribution < 1.29 is 33.1 Å². The van der Waals surface area contributed by atoms with E-state index < -0.39 is 12.1 Å². The number of urea groups is 1. The van der Waals surface area contributed by atoms with Crippen molar-refractivity contribution in [3.63, 3.8) is 0 Å². The van der Waals surface area contributed by atoms with Gasteiger partial charge in [0.15, 0.2) is 17.6 Å². The van der Waals surface area contributed by atoms with Crippen molar-refractivity contribution in [3.05, 3.63) is 152 Å². The lowest BCUT2D eigenvalue weighted by atomic mass is 9.92. The molecular formula is C45H41Cl2N5O7. The molecular weight excluding hydrogens is 793 g/mol. The van der Waals surface area contributed by atoms with Gasteiger partial charge in [-0.3, -0.25) is 15.1 Å². The Morgan fingerprint density at radius 3 is 2.39 bits per heavy atom. The number of aryl methyl sites for hydroxylation is 2. The molecule has 2 aliphatic rings. The van der Waals surface area contributed by atoms with Crippen LogP contribution in [0.25, 0.3) is 0 Å². The van der Waals surface area contributed by atoms with Crippen molar-refractivity contribution >= 4 is 41.0 Å². The van der Waals surface area contributed by atoms with Crippen LogP contribution >= 0.6 is 23.2 Å². The van der Waals surface area contributed by atoms with Crippen LogP contribution in [0.2, 0.25) is 10.0 Å². The molecule has 0 saturated heterocycles. The standard InChI is InChI=1S/C45H41Cl2N5O7/c1-26-18-43(59-51-26)50-45(54)52-23-33-22-41-40(56-25-42(58-41)31-7-11-34(12-8-31)55-24-30-6-13-36(46)37(47)19-30)21-32(33)20-38(52)44(53)49-16-14-29-4-9-35(10-5-29)57-39-15-17-48-28(3)27(39)2/h4-13,15,17-19,21-22,38,42H,14,16,20,23-25H2,1-3H3,(H,49,53)(H,50,54). The Balaban J connectivity index is 0.923. The lowest BCUT2D eigenvalue weighted by Gasteiger charge is -2.37. The third-order valence-electron chi connectivity index (χ3n) is 10.4. The van der Waals surface area contributed by atoms with E-state index in [2.05, 4.69) is 20.8 Å². The number of benzene rings is 4. The Labute approximate surface area is 351 Å². The number of hydrogen-bond acceptors (Lipinski definition) is 9. The van der Waals surface area contributed by atoms with Crippen LogP contribution < -0.4 is 29.6 Å². The van der Waals surface area contributed by atoms with E-state index in [-0.39, 0.29) is 30.9 Å². The van der Waals surface area contributed by atoms with Crippen LogP contribution in [0.1, 0.15) is 50.9 Å². The lowest BCUT2D eigenvalue weighted by molar-refractivity contribution is -0.125. The fraction of sp³-hybridized carbons (Fsp3) is 0.244. The summed E-state index contributed by atoms with van der Waals surface area (Å²) in [6.07, 6.45) is 2.21. The van der Waals surface area contributed by atoms with E-state index in [4.69, 9.17) is 46.7 Å². The molecule has 2 aliphatic heterocycles. The van der Waals surface area contributed by atoms with Gasteiger partial charge in [0.05, 0.1) is 15.7 Å². The topological polar surface area (TPSA) is 137 Å². The Kier molecular flexibility index (Phi) is 11.6. The Bertz CT molecular complexity index is 2490. The number of anilines is 1. The van der Waals surface area contributed by atoms with Crippen LogP contribution in [-0.2, 0) is 30.8 Å². The van der Waals surface area contributed by atoms with Crippen LogP contribution in [0.5, 0.6) is 28.7 Å². The highest BCUT2D eigenvalue weighted by Gasteiger charge is 2.37. The average Bonchev–Trinajstić information content (AvgIpc) is 3.66.